The molecule has 0 N–H and O–H groups in total. The van der Waals surface area contributed by atoms with Crippen molar-refractivity contribution in [3.05, 3.63) is 12.7 Å². The van der Waals surface area contributed by atoms with E-state index in [2.05, 4.69) is 19.2 Å². The minimum absolute atomic E-state index is 0.217. The van der Waals surface area contributed by atoms with Gasteiger partial charge in [0, 0.05) is 19.0 Å². The lowest BCUT2D eigenvalue weighted by molar-refractivity contribution is -0.133. The van der Waals surface area contributed by atoms with Crippen molar-refractivity contribution in [3.63, 3.8) is 0 Å². The van der Waals surface area contributed by atoms with Crippen LogP contribution in [0.25, 0.3) is 0 Å². The summed E-state index contributed by atoms with van der Waals surface area (Å²) in [6, 6.07) is 0.256. The lowest BCUT2D eigenvalue weighted by atomic mass is 10.0. The number of hydrogen-bond acceptors (Lipinski definition) is 2. The zero-order valence-corrected chi connectivity index (χ0v) is 10.6. The SMILES string of the molecule is C=CCN(C(=O)CC1(CS)CC1)C(C)C. The van der Waals surface area contributed by atoms with Crippen molar-refractivity contribution < 1.29 is 4.79 Å². The van der Waals surface area contributed by atoms with E-state index in [4.69, 9.17) is 0 Å². The third-order valence-corrected chi connectivity index (χ3v) is 3.76. The summed E-state index contributed by atoms with van der Waals surface area (Å²) in [5.41, 5.74) is 0.217. The Morgan fingerprint density at radius 2 is 2.20 bits per heavy atom. The molecule has 0 aromatic carbocycles. The molecule has 86 valence electrons. The first-order valence-electron chi connectivity index (χ1n) is 5.56. The normalized spacial score (nSPS) is 17.6. The zero-order valence-electron chi connectivity index (χ0n) is 9.70. The fraction of sp³-hybridized carbons (Fsp3) is 0.750. The highest BCUT2D eigenvalue weighted by Crippen LogP contribution is 2.49. The van der Waals surface area contributed by atoms with Gasteiger partial charge in [-0.1, -0.05) is 6.08 Å². The minimum atomic E-state index is 0.217. The third-order valence-electron chi connectivity index (χ3n) is 3.09. The monoisotopic (exact) mass is 227 g/mol. The average molecular weight is 227 g/mol. The van der Waals surface area contributed by atoms with E-state index in [1.54, 1.807) is 6.08 Å². The summed E-state index contributed by atoms with van der Waals surface area (Å²) in [6.45, 7) is 8.43. The lowest BCUT2D eigenvalue weighted by Gasteiger charge is -2.27. The van der Waals surface area contributed by atoms with Crippen LogP contribution in [0, 0.1) is 5.41 Å². The second-order valence-electron chi connectivity index (χ2n) is 4.76. The van der Waals surface area contributed by atoms with Crippen LogP contribution in [0.4, 0.5) is 0 Å². The first-order valence-corrected chi connectivity index (χ1v) is 6.19. The molecule has 0 bridgehead atoms. The predicted molar refractivity (Wildman–Crippen MR) is 67.2 cm³/mol. The van der Waals surface area contributed by atoms with E-state index >= 15 is 0 Å². The maximum Gasteiger partial charge on any atom is 0.223 e. The van der Waals surface area contributed by atoms with E-state index in [1.807, 2.05) is 18.7 Å². The van der Waals surface area contributed by atoms with Gasteiger partial charge in [-0.25, -0.2) is 0 Å². The third kappa shape index (κ3) is 3.26. The Morgan fingerprint density at radius 1 is 1.60 bits per heavy atom. The molecule has 0 aromatic heterocycles. The van der Waals surface area contributed by atoms with E-state index in [0.29, 0.717) is 13.0 Å². The largest absolute Gasteiger partial charge is 0.337 e. The van der Waals surface area contributed by atoms with Crippen LogP contribution >= 0.6 is 12.6 Å². The Bertz CT molecular complexity index is 246. The van der Waals surface area contributed by atoms with Crippen molar-refractivity contribution in [2.24, 2.45) is 5.41 Å². The van der Waals surface area contributed by atoms with Crippen LogP contribution in [0.5, 0.6) is 0 Å². The van der Waals surface area contributed by atoms with Crippen molar-refractivity contribution in [1.82, 2.24) is 4.90 Å². The fourth-order valence-electron chi connectivity index (χ4n) is 1.73. The number of carbonyl (C=O) groups excluding carboxylic acids is 1. The Morgan fingerprint density at radius 3 is 2.53 bits per heavy atom. The molecule has 15 heavy (non-hydrogen) atoms. The molecule has 1 aliphatic rings. The van der Waals surface area contributed by atoms with E-state index in [9.17, 15) is 4.79 Å². The molecule has 1 amide bonds. The van der Waals surface area contributed by atoms with E-state index < -0.39 is 0 Å². The molecule has 0 spiro atoms. The van der Waals surface area contributed by atoms with Gasteiger partial charge in [-0.15, -0.1) is 6.58 Å². The predicted octanol–water partition coefficient (Wildman–Crippen LogP) is 2.51. The van der Waals surface area contributed by atoms with E-state index in [-0.39, 0.29) is 17.4 Å². The van der Waals surface area contributed by atoms with Crippen molar-refractivity contribution in [3.8, 4) is 0 Å². The summed E-state index contributed by atoms with van der Waals surface area (Å²) in [7, 11) is 0. The molecule has 0 heterocycles. The number of thiol groups is 1. The summed E-state index contributed by atoms with van der Waals surface area (Å²) in [4.78, 5) is 13.9. The molecule has 0 aliphatic heterocycles. The molecule has 0 radical (unpaired) electrons. The van der Waals surface area contributed by atoms with Crippen LogP contribution in [0.3, 0.4) is 0 Å². The topological polar surface area (TPSA) is 20.3 Å². The van der Waals surface area contributed by atoms with E-state index in [0.717, 1.165) is 18.6 Å². The Balaban J connectivity index is 2.52. The van der Waals surface area contributed by atoms with Crippen molar-refractivity contribution in [2.45, 2.75) is 39.2 Å². The van der Waals surface area contributed by atoms with Gasteiger partial charge in [-0.05, 0) is 37.9 Å². The Hall–Kier alpha value is -0.440. The van der Waals surface area contributed by atoms with Crippen molar-refractivity contribution in [1.29, 1.82) is 0 Å². The van der Waals surface area contributed by atoms with Gasteiger partial charge in [0.15, 0.2) is 0 Å². The first kappa shape index (κ1) is 12.6. The maximum absolute atomic E-state index is 12.0. The van der Waals surface area contributed by atoms with Crippen LogP contribution in [-0.2, 0) is 4.79 Å². The summed E-state index contributed by atoms with van der Waals surface area (Å²) in [5, 5.41) is 0. The van der Waals surface area contributed by atoms with Gasteiger partial charge >= 0.3 is 0 Å². The number of hydrogen-bond donors (Lipinski definition) is 1. The molecule has 0 unspecified atom stereocenters. The molecule has 3 heteroatoms. The Kier molecular flexibility index (Phi) is 4.26. The second kappa shape index (κ2) is 5.06. The van der Waals surface area contributed by atoms with Gasteiger partial charge < -0.3 is 4.90 Å². The summed E-state index contributed by atoms with van der Waals surface area (Å²) >= 11 is 4.32. The quantitative estimate of drug-likeness (QED) is 0.546. The van der Waals surface area contributed by atoms with Gasteiger partial charge in [-0.3, -0.25) is 4.79 Å². The fourth-order valence-corrected chi connectivity index (χ4v) is 2.16. The summed E-state index contributed by atoms with van der Waals surface area (Å²) in [6.07, 6.45) is 4.76. The number of amides is 1. The summed E-state index contributed by atoms with van der Waals surface area (Å²) < 4.78 is 0. The van der Waals surface area contributed by atoms with Gasteiger partial charge in [0.1, 0.15) is 0 Å². The van der Waals surface area contributed by atoms with Gasteiger partial charge in [0.25, 0.3) is 0 Å². The highest BCUT2D eigenvalue weighted by atomic mass is 32.1. The van der Waals surface area contributed by atoms with Crippen LogP contribution in [0.1, 0.15) is 33.1 Å². The smallest absolute Gasteiger partial charge is 0.223 e. The van der Waals surface area contributed by atoms with Crippen molar-refractivity contribution >= 4 is 18.5 Å². The maximum atomic E-state index is 12.0. The number of carbonyl (C=O) groups is 1. The molecule has 1 rings (SSSR count). The lowest BCUT2D eigenvalue weighted by Crippen LogP contribution is -2.38. The van der Waals surface area contributed by atoms with Gasteiger partial charge in [0.05, 0.1) is 0 Å². The van der Waals surface area contributed by atoms with E-state index in [1.165, 1.54) is 0 Å². The zero-order chi connectivity index (χ0) is 11.5. The van der Waals surface area contributed by atoms with Gasteiger partial charge in [-0.2, -0.15) is 12.6 Å². The molecular formula is C12H21NOS. The second-order valence-corrected chi connectivity index (χ2v) is 5.08. The number of rotatable bonds is 6. The minimum Gasteiger partial charge on any atom is -0.337 e. The molecule has 1 aliphatic carbocycles. The number of nitrogens with zero attached hydrogens (tertiary/aromatic N) is 1. The molecule has 0 saturated heterocycles. The van der Waals surface area contributed by atoms with Crippen LogP contribution in [0.2, 0.25) is 0 Å². The standard InChI is InChI=1S/C12H21NOS/c1-4-7-13(10(2)3)11(14)8-12(9-15)5-6-12/h4,10,15H,1,5-9H2,2-3H3. The highest BCUT2D eigenvalue weighted by molar-refractivity contribution is 7.80. The molecule has 1 fully saturated rings. The summed E-state index contributed by atoms with van der Waals surface area (Å²) in [5.74, 6) is 1.08. The molecular weight excluding hydrogens is 206 g/mol. The molecule has 2 nitrogen and oxygen atoms in total. The molecule has 0 atom stereocenters. The van der Waals surface area contributed by atoms with Gasteiger partial charge in [0.2, 0.25) is 5.91 Å². The Labute approximate surface area is 98.1 Å². The highest BCUT2D eigenvalue weighted by Gasteiger charge is 2.43. The van der Waals surface area contributed by atoms with Crippen LogP contribution in [0.15, 0.2) is 12.7 Å². The van der Waals surface area contributed by atoms with Crippen molar-refractivity contribution in [2.75, 3.05) is 12.3 Å². The van der Waals surface area contributed by atoms with Crippen LogP contribution in [-0.4, -0.2) is 29.1 Å². The van der Waals surface area contributed by atoms with Crippen LogP contribution < -0.4 is 0 Å². The average Bonchev–Trinajstić information content (AvgIpc) is 2.94. The molecule has 1 saturated carbocycles. The first-order chi connectivity index (χ1) is 7.04. The molecule has 0 aromatic rings.